The highest BCUT2D eigenvalue weighted by atomic mass is 16.4. The third-order valence-electron chi connectivity index (χ3n) is 2.13. The lowest BCUT2D eigenvalue weighted by Gasteiger charge is -1.96. The molecule has 0 bridgehead atoms. The van der Waals surface area contributed by atoms with Gasteiger partial charge in [0, 0.05) is 6.42 Å². The van der Waals surface area contributed by atoms with Gasteiger partial charge in [-0.15, -0.1) is 0 Å². The Morgan fingerprint density at radius 2 is 1.80 bits per heavy atom. The normalized spacial score (nSPS) is 10.7. The van der Waals surface area contributed by atoms with Gasteiger partial charge >= 0.3 is 5.97 Å². The smallest absolute Gasteiger partial charge is 0.303 e. The Labute approximate surface area is 90.3 Å². The van der Waals surface area contributed by atoms with E-state index >= 15 is 0 Å². The van der Waals surface area contributed by atoms with Gasteiger partial charge in [-0.05, 0) is 24.8 Å². The number of aliphatic carboxylic acids is 1. The van der Waals surface area contributed by atoms with Crippen LogP contribution in [0.1, 0.15) is 24.8 Å². The fourth-order valence-electron chi connectivity index (χ4n) is 1.34. The van der Waals surface area contributed by atoms with Crippen LogP contribution in [0.5, 0.6) is 0 Å². The Bertz CT molecular complexity index is 315. The molecule has 0 heterocycles. The number of rotatable bonds is 6. The summed E-state index contributed by atoms with van der Waals surface area (Å²) in [7, 11) is 0. The first kappa shape index (κ1) is 11.5. The van der Waals surface area contributed by atoms with E-state index in [0.29, 0.717) is 6.42 Å². The molecule has 1 rings (SSSR count). The van der Waals surface area contributed by atoms with Crippen LogP contribution in [-0.2, 0) is 11.2 Å². The maximum absolute atomic E-state index is 10.2. The number of hydrogen-bond acceptors (Lipinski definition) is 1. The van der Waals surface area contributed by atoms with Crippen LogP contribution in [0.2, 0.25) is 0 Å². The molecular formula is C13H16O2. The average molecular weight is 204 g/mol. The molecule has 80 valence electrons. The minimum absolute atomic E-state index is 0.224. The molecule has 0 aliphatic carbocycles. The van der Waals surface area contributed by atoms with Gasteiger partial charge in [-0.3, -0.25) is 4.79 Å². The molecule has 0 aromatic heterocycles. The second-order valence-corrected chi connectivity index (χ2v) is 3.43. The van der Waals surface area contributed by atoms with Crippen molar-refractivity contribution < 1.29 is 9.90 Å². The van der Waals surface area contributed by atoms with E-state index in [2.05, 4.69) is 18.2 Å². The molecular weight excluding hydrogens is 188 g/mol. The molecule has 0 atom stereocenters. The van der Waals surface area contributed by atoms with E-state index in [-0.39, 0.29) is 6.42 Å². The Balaban J connectivity index is 2.14. The lowest BCUT2D eigenvalue weighted by Crippen LogP contribution is -1.91. The van der Waals surface area contributed by atoms with Crippen LogP contribution >= 0.6 is 0 Å². The van der Waals surface area contributed by atoms with Crippen molar-refractivity contribution in [2.75, 3.05) is 0 Å². The van der Waals surface area contributed by atoms with E-state index < -0.39 is 5.97 Å². The van der Waals surface area contributed by atoms with E-state index in [0.717, 1.165) is 12.8 Å². The fraction of sp³-hybridized carbons (Fsp3) is 0.308. The highest BCUT2D eigenvalue weighted by Gasteiger charge is 1.92. The standard InChI is InChI=1S/C13H16O2/c14-13(15)11-7-2-1-4-8-12-9-5-3-6-10-12/h1-3,5-6,9-10H,4,7-8,11H2,(H,14,15). The van der Waals surface area contributed by atoms with Crippen LogP contribution in [-0.4, -0.2) is 11.1 Å². The first-order valence-corrected chi connectivity index (χ1v) is 5.20. The lowest BCUT2D eigenvalue weighted by molar-refractivity contribution is -0.136. The third-order valence-corrected chi connectivity index (χ3v) is 2.13. The monoisotopic (exact) mass is 204 g/mol. The van der Waals surface area contributed by atoms with E-state index in [4.69, 9.17) is 5.11 Å². The molecule has 0 saturated carbocycles. The Kier molecular flexibility index (Phi) is 5.23. The highest BCUT2D eigenvalue weighted by molar-refractivity contribution is 5.66. The summed E-state index contributed by atoms with van der Waals surface area (Å²) in [4.78, 5) is 10.2. The predicted molar refractivity (Wildman–Crippen MR) is 60.8 cm³/mol. The zero-order chi connectivity index (χ0) is 10.9. The number of allylic oxidation sites excluding steroid dienone is 2. The van der Waals surface area contributed by atoms with Crippen LogP contribution in [0, 0.1) is 0 Å². The molecule has 0 spiro atoms. The summed E-state index contributed by atoms with van der Waals surface area (Å²) in [5, 5.41) is 8.41. The van der Waals surface area contributed by atoms with E-state index in [1.54, 1.807) is 0 Å². The fourth-order valence-corrected chi connectivity index (χ4v) is 1.34. The molecule has 0 aliphatic heterocycles. The summed E-state index contributed by atoms with van der Waals surface area (Å²) >= 11 is 0. The summed E-state index contributed by atoms with van der Waals surface area (Å²) < 4.78 is 0. The van der Waals surface area contributed by atoms with Gasteiger partial charge in [0.15, 0.2) is 0 Å². The second kappa shape index (κ2) is 6.82. The van der Waals surface area contributed by atoms with Gasteiger partial charge in [-0.2, -0.15) is 0 Å². The molecule has 0 radical (unpaired) electrons. The summed E-state index contributed by atoms with van der Waals surface area (Å²) in [6.07, 6.45) is 6.84. The molecule has 15 heavy (non-hydrogen) atoms. The first-order valence-electron chi connectivity index (χ1n) is 5.20. The molecule has 0 aliphatic rings. The number of carboxylic acids is 1. The van der Waals surface area contributed by atoms with Gasteiger partial charge in [0.1, 0.15) is 0 Å². The molecule has 2 nitrogen and oxygen atoms in total. The van der Waals surface area contributed by atoms with Gasteiger partial charge in [-0.1, -0.05) is 42.5 Å². The Morgan fingerprint density at radius 3 is 2.47 bits per heavy atom. The lowest BCUT2D eigenvalue weighted by atomic mass is 10.1. The second-order valence-electron chi connectivity index (χ2n) is 3.43. The van der Waals surface area contributed by atoms with Crippen molar-refractivity contribution in [1.29, 1.82) is 0 Å². The van der Waals surface area contributed by atoms with E-state index in [9.17, 15) is 4.79 Å². The van der Waals surface area contributed by atoms with E-state index in [1.807, 2.05) is 24.3 Å². The molecule has 1 aromatic carbocycles. The molecule has 0 saturated heterocycles. The largest absolute Gasteiger partial charge is 0.481 e. The number of aryl methyl sites for hydroxylation is 1. The highest BCUT2D eigenvalue weighted by Crippen LogP contribution is 2.03. The molecule has 2 heteroatoms. The summed E-state index contributed by atoms with van der Waals surface area (Å²) in [6, 6.07) is 10.3. The molecule has 0 fully saturated rings. The molecule has 0 amide bonds. The van der Waals surface area contributed by atoms with Gasteiger partial charge in [-0.25, -0.2) is 0 Å². The summed E-state index contributed by atoms with van der Waals surface area (Å²) in [5.74, 6) is -0.734. The van der Waals surface area contributed by atoms with Crippen molar-refractivity contribution in [3.8, 4) is 0 Å². The molecule has 0 unspecified atom stereocenters. The first-order chi connectivity index (χ1) is 7.29. The number of hydrogen-bond donors (Lipinski definition) is 1. The van der Waals surface area contributed by atoms with Crippen molar-refractivity contribution in [3.05, 3.63) is 48.0 Å². The van der Waals surface area contributed by atoms with Gasteiger partial charge in [0.05, 0.1) is 0 Å². The zero-order valence-electron chi connectivity index (χ0n) is 8.73. The van der Waals surface area contributed by atoms with Crippen molar-refractivity contribution in [1.82, 2.24) is 0 Å². The van der Waals surface area contributed by atoms with Gasteiger partial charge in [0.25, 0.3) is 0 Å². The topological polar surface area (TPSA) is 37.3 Å². The van der Waals surface area contributed by atoms with Crippen molar-refractivity contribution in [2.24, 2.45) is 0 Å². The minimum atomic E-state index is -0.734. The Morgan fingerprint density at radius 1 is 1.13 bits per heavy atom. The van der Waals surface area contributed by atoms with Crippen molar-refractivity contribution in [3.63, 3.8) is 0 Å². The van der Waals surface area contributed by atoms with Crippen LogP contribution < -0.4 is 0 Å². The van der Waals surface area contributed by atoms with Crippen molar-refractivity contribution >= 4 is 5.97 Å². The molecule has 1 aromatic rings. The number of carboxylic acid groups (broad SMARTS) is 1. The van der Waals surface area contributed by atoms with Crippen molar-refractivity contribution in [2.45, 2.75) is 25.7 Å². The maximum atomic E-state index is 10.2. The van der Waals surface area contributed by atoms with Crippen LogP contribution in [0.4, 0.5) is 0 Å². The minimum Gasteiger partial charge on any atom is -0.481 e. The third kappa shape index (κ3) is 5.68. The summed E-state index contributed by atoms with van der Waals surface area (Å²) in [5.41, 5.74) is 1.32. The van der Waals surface area contributed by atoms with Gasteiger partial charge in [0.2, 0.25) is 0 Å². The number of carbonyl (C=O) groups is 1. The van der Waals surface area contributed by atoms with Gasteiger partial charge < -0.3 is 5.11 Å². The number of benzene rings is 1. The summed E-state index contributed by atoms with van der Waals surface area (Å²) in [6.45, 7) is 0. The maximum Gasteiger partial charge on any atom is 0.303 e. The molecule has 1 N–H and O–H groups in total. The SMILES string of the molecule is O=C(O)CCC=CCCc1ccccc1. The van der Waals surface area contributed by atoms with Crippen LogP contribution in [0.15, 0.2) is 42.5 Å². The quantitative estimate of drug-likeness (QED) is 0.723. The van der Waals surface area contributed by atoms with E-state index in [1.165, 1.54) is 5.56 Å². The predicted octanol–water partition coefficient (Wildman–Crippen LogP) is 3.04. The Hall–Kier alpha value is -1.57. The van der Waals surface area contributed by atoms with Crippen LogP contribution in [0.25, 0.3) is 0 Å². The average Bonchev–Trinajstić information content (AvgIpc) is 2.24. The zero-order valence-corrected chi connectivity index (χ0v) is 8.73. The van der Waals surface area contributed by atoms with Crippen LogP contribution in [0.3, 0.4) is 0 Å².